The molecule has 1 amide bonds. The van der Waals surface area contributed by atoms with Crippen LogP contribution in [0.25, 0.3) is 0 Å². The highest BCUT2D eigenvalue weighted by atomic mass is 79.9. The van der Waals surface area contributed by atoms with Gasteiger partial charge in [-0.3, -0.25) is 4.79 Å². The van der Waals surface area contributed by atoms with Gasteiger partial charge in [0.1, 0.15) is 0 Å². The summed E-state index contributed by atoms with van der Waals surface area (Å²) >= 11 is 3.50. The molecule has 2 rings (SSSR count). The molecule has 1 aliphatic rings. The summed E-state index contributed by atoms with van der Waals surface area (Å²) < 4.78 is 0. The van der Waals surface area contributed by atoms with Gasteiger partial charge in [0.05, 0.1) is 0 Å². The van der Waals surface area contributed by atoms with Crippen molar-refractivity contribution in [3.8, 4) is 0 Å². The van der Waals surface area contributed by atoms with E-state index < -0.39 is 0 Å². The van der Waals surface area contributed by atoms with Crippen LogP contribution < -0.4 is 5.32 Å². The lowest BCUT2D eigenvalue weighted by Crippen LogP contribution is -2.38. The monoisotopic (exact) mass is 323 g/mol. The number of rotatable bonds is 6. The summed E-state index contributed by atoms with van der Waals surface area (Å²) in [5.41, 5.74) is 1.27. The normalized spacial score (nSPS) is 17.3. The molecule has 1 N–H and O–H groups in total. The molecule has 1 aromatic carbocycles. The number of carbonyl (C=O) groups excluding carboxylic acids is 1. The zero-order valence-corrected chi connectivity index (χ0v) is 12.9. The van der Waals surface area contributed by atoms with Crippen molar-refractivity contribution in [2.45, 2.75) is 44.6 Å². The molecule has 2 nitrogen and oxygen atoms in total. The molecule has 1 aliphatic carbocycles. The average molecular weight is 324 g/mol. The van der Waals surface area contributed by atoms with Crippen molar-refractivity contribution in [2.24, 2.45) is 5.92 Å². The van der Waals surface area contributed by atoms with Crippen molar-refractivity contribution < 1.29 is 4.79 Å². The highest BCUT2D eigenvalue weighted by molar-refractivity contribution is 9.09. The standard InChI is InChI=1S/C16H22BrNO/c17-12-15(10-13-6-2-1-3-7-13)18-16(19)11-14-8-4-5-9-14/h1-3,6-7,14-15H,4-5,8-12H2,(H,18,19). The molecule has 0 heterocycles. The van der Waals surface area contributed by atoms with Gasteiger partial charge in [0, 0.05) is 17.8 Å². The topological polar surface area (TPSA) is 29.1 Å². The Hall–Kier alpha value is -0.830. The van der Waals surface area contributed by atoms with E-state index in [4.69, 9.17) is 0 Å². The highest BCUT2D eigenvalue weighted by Crippen LogP contribution is 2.27. The number of carbonyl (C=O) groups is 1. The van der Waals surface area contributed by atoms with E-state index in [0.29, 0.717) is 12.3 Å². The number of halogens is 1. The summed E-state index contributed by atoms with van der Waals surface area (Å²) in [5.74, 6) is 0.833. The molecule has 0 radical (unpaired) electrons. The van der Waals surface area contributed by atoms with E-state index in [1.165, 1.54) is 31.2 Å². The molecule has 0 spiro atoms. The fraction of sp³-hybridized carbons (Fsp3) is 0.562. The molecular weight excluding hydrogens is 302 g/mol. The first-order valence-electron chi connectivity index (χ1n) is 7.17. The minimum Gasteiger partial charge on any atom is -0.352 e. The van der Waals surface area contributed by atoms with Gasteiger partial charge in [0.25, 0.3) is 0 Å². The quantitative estimate of drug-likeness (QED) is 0.795. The Balaban J connectivity index is 1.79. The van der Waals surface area contributed by atoms with Crippen LogP contribution in [0, 0.1) is 5.92 Å². The number of hydrogen-bond donors (Lipinski definition) is 1. The Morgan fingerprint density at radius 3 is 2.58 bits per heavy atom. The molecule has 0 bridgehead atoms. The van der Waals surface area contributed by atoms with Crippen LogP contribution in [-0.2, 0) is 11.2 Å². The number of nitrogens with one attached hydrogen (secondary N) is 1. The van der Waals surface area contributed by atoms with Crippen LogP contribution in [-0.4, -0.2) is 17.3 Å². The van der Waals surface area contributed by atoms with Gasteiger partial charge in [-0.1, -0.05) is 59.1 Å². The summed E-state index contributed by atoms with van der Waals surface area (Å²) in [4.78, 5) is 12.0. The number of hydrogen-bond acceptors (Lipinski definition) is 1. The molecule has 1 unspecified atom stereocenters. The molecule has 19 heavy (non-hydrogen) atoms. The Labute approximate surface area is 124 Å². The smallest absolute Gasteiger partial charge is 0.220 e. The molecule has 1 aromatic rings. The van der Waals surface area contributed by atoms with Crippen LogP contribution >= 0.6 is 15.9 Å². The lowest BCUT2D eigenvalue weighted by atomic mass is 10.0. The fourth-order valence-corrected chi connectivity index (χ4v) is 3.20. The zero-order valence-electron chi connectivity index (χ0n) is 11.3. The summed E-state index contributed by atoms with van der Waals surface area (Å²) in [6.07, 6.45) is 6.64. The summed E-state index contributed by atoms with van der Waals surface area (Å²) in [7, 11) is 0. The first-order chi connectivity index (χ1) is 9.28. The van der Waals surface area contributed by atoms with Crippen LogP contribution in [0.1, 0.15) is 37.7 Å². The SMILES string of the molecule is O=C(CC1CCCC1)NC(CBr)Cc1ccccc1. The number of amides is 1. The second-order valence-electron chi connectivity index (χ2n) is 5.46. The van der Waals surface area contributed by atoms with E-state index in [9.17, 15) is 4.79 Å². The fourth-order valence-electron chi connectivity index (χ4n) is 2.81. The van der Waals surface area contributed by atoms with E-state index >= 15 is 0 Å². The van der Waals surface area contributed by atoms with Gasteiger partial charge < -0.3 is 5.32 Å². The second kappa shape index (κ2) is 7.68. The molecule has 1 atom stereocenters. The van der Waals surface area contributed by atoms with Crippen molar-refractivity contribution >= 4 is 21.8 Å². The largest absolute Gasteiger partial charge is 0.352 e. The molecule has 0 aliphatic heterocycles. The minimum atomic E-state index is 0.191. The minimum absolute atomic E-state index is 0.191. The Bertz CT molecular complexity index is 387. The van der Waals surface area contributed by atoms with E-state index in [2.05, 4.69) is 33.4 Å². The lowest BCUT2D eigenvalue weighted by Gasteiger charge is -2.18. The molecule has 1 fully saturated rings. The predicted octanol–water partition coefficient (Wildman–Crippen LogP) is 3.69. The second-order valence-corrected chi connectivity index (χ2v) is 6.11. The molecule has 0 saturated heterocycles. The molecule has 1 saturated carbocycles. The van der Waals surface area contributed by atoms with Crippen LogP contribution in [0.3, 0.4) is 0 Å². The zero-order chi connectivity index (χ0) is 13.5. The molecular formula is C16H22BrNO. The third-order valence-electron chi connectivity index (χ3n) is 3.83. The van der Waals surface area contributed by atoms with Crippen LogP contribution in [0.4, 0.5) is 0 Å². The highest BCUT2D eigenvalue weighted by Gasteiger charge is 2.20. The van der Waals surface area contributed by atoms with E-state index in [-0.39, 0.29) is 11.9 Å². The van der Waals surface area contributed by atoms with E-state index in [1.54, 1.807) is 0 Å². The summed E-state index contributed by atoms with van der Waals surface area (Å²) in [6, 6.07) is 10.5. The van der Waals surface area contributed by atoms with Gasteiger partial charge in [-0.2, -0.15) is 0 Å². The van der Waals surface area contributed by atoms with Gasteiger partial charge >= 0.3 is 0 Å². The summed E-state index contributed by atoms with van der Waals surface area (Å²) in [5, 5.41) is 3.96. The van der Waals surface area contributed by atoms with Crippen molar-refractivity contribution in [2.75, 3.05) is 5.33 Å². The molecule has 3 heteroatoms. The van der Waals surface area contributed by atoms with Gasteiger partial charge in [-0.25, -0.2) is 0 Å². The lowest BCUT2D eigenvalue weighted by molar-refractivity contribution is -0.122. The maximum Gasteiger partial charge on any atom is 0.220 e. The van der Waals surface area contributed by atoms with Crippen LogP contribution in [0.2, 0.25) is 0 Å². The average Bonchev–Trinajstić information content (AvgIpc) is 2.92. The van der Waals surface area contributed by atoms with Crippen molar-refractivity contribution in [3.63, 3.8) is 0 Å². The first kappa shape index (κ1) is 14.6. The third-order valence-corrected chi connectivity index (χ3v) is 4.61. The molecule has 104 valence electrons. The van der Waals surface area contributed by atoms with E-state index in [0.717, 1.165) is 11.8 Å². The summed E-state index contributed by atoms with van der Waals surface area (Å²) in [6.45, 7) is 0. The first-order valence-corrected chi connectivity index (χ1v) is 8.29. The number of alkyl halides is 1. The van der Waals surface area contributed by atoms with Crippen molar-refractivity contribution in [1.29, 1.82) is 0 Å². The van der Waals surface area contributed by atoms with E-state index in [1.807, 2.05) is 18.2 Å². The maximum absolute atomic E-state index is 12.0. The van der Waals surface area contributed by atoms with Gasteiger partial charge in [0.15, 0.2) is 0 Å². The maximum atomic E-state index is 12.0. The Morgan fingerprint density at radius 1 is 1.26 bits per heavy atom. The molecule has 0 aromatic heterocycles. The van der Waals surface area contributed by atoms with Gasteiger partial charge in [-0.05, 0) is 30.7 Å². The van der Waals surface area contributed by atoms with Crippen molar-refractivity contribution in [1.82, 2.24) is 5.32 Å². The number of benzene rings is 1. The van der Waals surface area contributed by atoms with Crippen LogP contribution in [0.5, 0.6) is 0 Å². The third kappa shape index (κ3) is 4.98. The van der Waals surface area contributed by atoms with Crippen LogP contribution in [0.15, 0.2) is 30.3 Å². The van der Waals surface area contributed by atoms with Gasteiger partial charge in [0.2, 0.25) is 5.91 Å². The Kier molecular flexibility index (Phi) is 5.90. The predicted molar refractivity (Wildman–Crippen MR) is 82.4 cm³/mol. The van der Waals surface area contributed by atoms with Gasteiger partial charge in [-0.15, -0.1) is 0 Å². The Morgan fingerprint density at radius 2 is 1.95 bits per heavy atom. The van der Waals surface area contributed by atoms with Crippen molar-refractivity contribution in [3.05, 3.63) is 35.9 Å².